The van der Waals surface area contributed by atoms with Gasteiger partial charge in [0, 0.05) is 72.5 Å². The van der Waals surface area contributed by atoms with Crippen LogP contribution in [0.5, 0.6) is 0 Å². The Bertz CT molecular complexity index is 556. The van der Waals surface area contributed by atoms with Crippen LogP contribution in [0.4, 0.5) is 0 Å². The molecule has 1 aromatic heterocycles. The molecule has 1 saturated heterocycles. The SMILES string of the molecule is CCc1nncn1CCNC(=NCCCOC)N1CCN(CC(C)C)CC1.I. The van der Waals surface area contributed by atoms with E-state index in [4.69, 9.17) is 9.73 Å². The van der Waals surface area contributed by atoms with E-state index >= 15 is 0 Å². The second-order valence-corrected chi connectivity index (χ2v) is 7.45. The van der Waals surface area contributed by atoms with Gasteiger partial charge in [0.15, 0.2) is 5.96 Å². The van der Waals surface area contributed by atoms with Crippen LogP contribution < -0.4 is 5.32 Å². The number of aliphatic imine (C=N–C) groups is 1. The van der Waals surface area contributed by atoms with Gasteiger partial charge in [-0.1, -0.05) is 20.8 Å². The number of hydrogen-bond acceptors (Lipinski definition) is 5. The number of aromatic nitrogens is 3. The summed E-state index contributed by atoms with van der Waals surface area (Å²) in [4.78, 5) is 9.76. The molecule has 28 heavy (non-hydrogen) atoms. The number of nitrogens with one attached hydrogen (secondary N) is 1. The molecule has 0 atom stereocenters. The predicted molar refractivity (Wildman–Crippen MR) is 124 cm³/mol. The van der Waals surface area contributed by atoms with E-state index in [9.17, 15) is 0 Å². The minimum Gasteiger partial charge on any atom is -0.385 e. The van der Waals surface area contributed by atoms with E-state index < -0.39 is 0 Å². The summed E-state index contributed by atoms with van der Waals surface area (Å²) in [7, 11) is 1.74. The van der Waals surface area contributed by atoms with Gasteiger partial charge < -0.3 is 19.5 Å². The van der Waals surface area contributed by atoms with E-state index in [1.165, 1.54) is 6.54 Å². The summed E-state index contributed by atoms with van der Waals surface area (Å²) in [5, 5.41) is 11.7. The molecule has 2 rings (SSSR count). The number of nitrogens with zero attached hydrogens (tertiary/aromatic N) is 6. The zero-order valence-corrected chi connectivity index (χ0v) is 20.3. The standard InChI is InChI=1S/C19H37N7O.HI/c1-5-18-23-22-16-26(18)9-8-21-19(20-7-6-14-27-4)25-12-10-24(11-13-25)15-17(2)3;/h16-17H,5-15H2,1-4H3,(H,20,21);1H. The van der Waals surface area contributed by atoms with Crippen LogP contribution in [0, 0.1) is 5.92 Å². The molecule has 0 bridgehead atoms. The molecule has 0 radical (unpaired) electrons. The van der Waals surface area contributed by atoms with Crippen LogP contribution in [0.15, 0.2) is 11.3 Å². The fourth-order valence-electron chi connectivity index (χ4n) is 3.35. The van der Waals surface area contributed by atoms with Crippen molar-refractivity contribution >= 4 is 29.9 Å². The molecule has 1 aliphatic rings. The maximum atomic E-state index is 5.15. The number of rotatable bonds is 10. The summed E-state index contributed by atoms with van der Waals surface area (Å²) >= 11 is 0. The van der Waals surface area contributed by atoms with Gasteiger partial charge >= 0.3 is 0 Å². The number of methoxy groups -OCH3 is 1. The summed E-state index contributed by atoms with van der Waals surface area (Å²) < 4.78 is 7.26. The van der Waals surface area contributed by atoms with Gasteiger partial charge in [-0.25, -0.2) is 0 Å². The first-order chi connectivity index (χ1) is 13.1. The Kier molecular flexibility index (Phi) is 12.6. The van der Waals surface area contributed by atoms with Crippen molar-refractivity contribution in [3.8, 4) is 0 Å². The first-order valence-electron chi connectivity index (χ1n) is 10.2. The molecule has 0 unspecified atom stereocenters. The third-order valence-corrected chi connectivity index (χ3v) is 4.71. The van der Waals surface area contributed by atoms with Gasteiger partial charge in [-0.2, -0.15) is 0 Å². The van der Waals surface area contributed by atoms with Crippen molar-refractivity contribution in [2.24, 2.45) is 10.9 Å². The highest BCUT2D eigenvalue weighted by Crippen LogP contribution is 2.06. The molecule has 1 aliphatic heterocycles. The zero-order chi connectivity index (χ0) is 19.5. The van der Waals surface area contributed by atoms with Gasteiger partial charge in [0.05, 0.1) is 0 Å². The van der Waals surface area contributed by atoms with Gasteiger partial charge in [0.1, 0.15) is 12.2 Å². The number of ether oxygens (including phenoxy) is 1. The second-order valence-electron chi connectivity index (χ2n) is 7.45. The monoisotopic (exact) mass is 507 g/mol. The molecular formula is C19H38IN7O. The lowest BCUT2D eigenvalue weighted by atomic mass is 10.2. The number of aryl methyl sites for hydroxylation is 1. The first-order valence-corrected chi connectivity index (χ1v) is 10.2. The zero-order valence-electron chi connectivity index (χ0n) is 17.9. The van der Waals surface area contributed by atoms with Gasteiger partial charge in [-0.3, -0.25) is 9.89 Å². The van der Waals surface area contributed by atoms with Crippen LogP contribution in [0.2, 0.25) is 0 Å². The summed E-state index contributed by atoms with van der Waals surface area (Å²) in [6, 6.07) is 0. The molecule has 0 aliphatic carbocycles. The van der Waals surface area contributed by atoms with Crippen LogP contribution in [-0.4, -0.2) is 90.1 Å². The third-order valence-electron chi connectivity index (χ3n) is 4.71. The number of guanidine groups is 1. The summed E-state index contributed by atoms with van der Waals surface area (Å²) in [6.45, 7) is 15.3. The molecule has 0 spiro atoms. The fourth-order valence-corrected chi connectivity index (χ4v) is 3.35. The lowest BCUT2D eigenvalue weighted by molar-refractivity contribution is 0.163. The fraction of sp³-hybridized carbons (Fsp3) is 0.842. The smallest absolute Gasteiger partial charge is 0.194 e. The van der Waals surface area contributed by atoms with Crippen LogP contribution in [0.1, 0.15) is 33.0 Å². The molecule has 8 nitrogen and oxygen atoms in total. The molecule has 162 valence electrons. The normalized spacial score (nSPS) is 15.8. The molecule has 1 N–H and O–H groups in total. The topological polar surface area (TPSA) is 70.8 Å². The van der Waals surface area contributed by atoms with Gasteiger partial charge in [0.2, 0.25) is 0 Å². The first kappa shape index (κ1) is 25.1. The van der Waals surface area contributed by atoms with E-state index in [1.54, 1.807) is 13.4 Å². The number of piperazine rings is 1. The Morgan fingerprint density at radius 1 is 1.29 bits per heavy atom. The highest BCUT2D eigenvalue weighted by molar-refractivity contribution is 14.0. The number of hydrogen-bond donors (Lipinski definition) is 1. The Morgan fingerprint density at radius 3 is 2.68 bits per heavy atom. The highest BCUT2D eigenvalue weighted by atomic mass is 127. The summed E-state index contributed by atoms with van der Waals surface area (Å²) in [5.41, 5.74) is 0. The van der Waals surface area contributed by atoms with Crippen LogP contribution in [-0.2, 0) is 17.7 Å². The van der Waals surface area contributed by atoms with Crippen molar-refractivity contribution < 1.29 is 4.74 Å². The maximum Gasteiger partial charge on any atom is 0.194 e. The van der Waals surface area contributed by atoms with E-state index in [1.807, 2.05) is 0 Å². The average molecular weight is 507 g/mol. The van der Waals surface area contributed by atoms with Crippen LogP contribution in [0.3, 0.4) is 0 Å². The van der Waals surface area contributed by atoms with Crippen molar-refractivity contribution in [1.29, 1.82) is 0 Å². The third kappa shape index (κ3) is 8.60. The largest absolute Gasteiger partial charge is 0.385 e. The molecule has 9 heteroatoms. The van der Waals surface area contributed by atoms with Crippen molar-refractivity contribution in [2.75, 3.05) is 59.5 Å². The van der Waals surface area contributed by atoms with Gasteiger partial charge in [-0.15, -0.1) is 34.2 Å². The van der Waals surface area contributed by atoms with Crippen molar-refractivity contribution in [3.05, 3.63) is 12.2 Å². The minimum absolute atomic E-state index is 0. The second kappa shape index (κ2) is 14.1. The van der Waals surface area contributed by atoms with E-state index in [2.05, 4.69) is 50.7 Å². The molecule has 1 aromatic rings. The maximum absolute atomic E-state index is 5.15. The van der Waals surface area contributed by atoms with E-state index in [-0.39, 0.29) is 24.0 Å². The molecular weight excluding hydrogens is 469 g/mol. The predicted octanol–water partition coefficient (Wildman–Crippen LogP) is 1.71. The quantitative estimate of drug-likeness (QED) is 0.225. The van der Waals surface area contributed by atoms with Crippen molar-refractivity contribution in [1.82, 2.24) is 29.9 Å². The highest BCUT2D eigenvalue weighted by Gasteiger charge is 2.20. The molecule has 0 saturated carbocycles. The molecule has 0 aromatic carbocycles. The molecule has 2 heterocycles. The van der Waals surface area contributed by atoms with Crippen molar-refractivity contribution in [3.63, 3.8) is 0 Å². The van der Waals surface area contributed by atoms with Crippen molar-refractivity contribution in [2.45, 2.75) is 40.2 Å². The molecule has 0 amide bonds. The lowest BCUT2D eigenvalue weighted by Gasteiger charge is -2.37. The summed E-state index contributed by atoms with van der Waals surface area (Å²) in [5.74, 6) is 2.76. The Hall–Kier alpha value is -0.940. The average Bonchev–Trinajstić information content (AvgIpc) is 3.11. The molecule has 1 fully saturated rings. The minimum atomic E-state index is 0. The van der Waals surface area contributed by atoms with Gasteiger partial charge in [-0.05, 0) is 12.3 Å². The lowest BCUT2D eigenvalue weighted by Crippen LogP contribution is -2.53. The Labute approximate surface area is 187 Å². The summed E-state index contributed by atoms with van der Waals surface area (Å²) in [6.07, 6.45) is 3.65. The van der Waals surface area contributed by atoms with Gasteiger partial charge in [0.25, 0.3) is 0 Å². The van der Waals surface area contributed by atoms with E-state index in [0.717, 1.165) is 77.0 Å². The van der Waals surface area contributed by atoms with Crippen LogP contribution in [0.25, 0.3) is 0 Å². The Balaban J connectivity index is 0.00000392. The van der Waals surface area contributed by atoms with Crippen LogP contribution >= 0.6 is 24.0 Å². The Morgan fingerprint density at radius 2 is 2.04 bits per heavy atom. The number of halogens is 1. The van der Waals surface area contributed by atoms with E-state index in [0.29, 0.717) is 5.92 Å².